The van der Waals surface area contributed by atoms with Crippen molar-refractivity contribution in [3.63, 3.8) is 0 Å². The summed E-state index contributed by atoms with van der Waals surface area (Å²) in [6, 6.07) is 0.0841. The topological polar surface area (TPSA) is 106 Å². The van der Waals surface area contributed by atoms with Crippen molar-refractivity contribution in [3.05, 3.63) is 17.0 Å². The summed E-state index contributed by atoms with van der Waals surface area (Å²) in [4.78, 5) is 37.9. The Balaban J connectivity index is 1.60. The molecule has 9 nitrogen and oxygen atoms in total. The molecule has 1 aromatic rings. The second-order valence-electron chi connectivity index (χ2n) is 9.21. The average Bonchev–Trinajstić information content (AvgIpc) is 3.02. The summed E-state index contributed by atoms with van der Waals surface area (Å²) in [6.45, 7) is 13.1. The van der Waals surface area contributed by atoms with Crippen molar-refractivity contribution >= 4 is 17.9 Å². The second-order valence-corrected chi connectivity index (χ2v) is 9.21. The van der Waals surface area contributed by atoms with E-state index >= 15 is 0 Å². The number of aryl methyl sites for hydroxylation is 1. The number of piperidine rings is 1. The Morgan fingerprint density at radius 3 is 2.45 bits per heavy atom. The number of amides is 3. The summed E-state index contributed by atoms with van der Waals surface area (Å²) in [5, 5.41) is 10.6. The lowest BCUT2D eigenvalue weighted by Crippen LogP contribution is -2.46. The summed E-state index contributed by atoms with van der Waals surface area (Å²) in [7, 11) is 0. The van der Waals surface area contributed by atoms with E-state index in [1.807, 2.05) is 11.6 Å². The molecule has 186 valence electrons. The maximum Gasteiger partial charge on any atom is 0.409 e. The van der Waals surface area contributed by atoms with E-state index in [1.54, 1.807) is 11.8 Å². The van der Waals surface area contributed by atoms with Gasteiger partial charge in [-0.05, 0) is 57.9 Å². The van der Waals surface area contributed by atoms with E-state index in [2.05, 4.69) is 36.5 Å². The fourth-order valence-electron chi connectivity index (χ4n) is 4.14. The number of nitrogens with zero attached hydrogens (tertiary/aromatic N) is 3. The largest absolute Gasteiger partial charge is 0.450 e. The SMILES string of the molecule is CCOC(=O)N1CCC(NC(=O)CCCNC(=O)CCc2c(C)nn(CC(C)C)c2C)CC1. The minimum atomic E-state index is -0.285. The Bertz CT molecular complexity index is 797. The van der Waals surface area contributed by atoms with Crippen molar-refractivity contribution in [1.82, 2.24) is 25.3 Å². The molecule has 1 aromatic heterocycles. The van der Waals surface area contributed by atoms with E-state index in [1.165, 1.54) is 0 Å². The number of rotatable bonds is 11. The molecule has 3 amide bonds. The summed E-state index contributed by atoms with van der Waals surface area (Å²) in [6.07, 6.45) is 3.24. The van der Waals surface area contributed by atoms with E-state index in [-0.39, 0.29) is 23.9 Å². The fourth-order valence-corrected chi connectivity index (χ4v) is 4.14. The number of likely N-dealkylation sites (tertiary alicyclic amines) is 1. The molecule has 0 radical (unpaired) electrons. The van der Waals surface area contributed by atoms with Crippen LogP contribution >= 0.6 is 0 Å². The summed E-state index contributed by atoms with van der Waals surface area (Å²) in [5.41, 5.74) is 3.28. The maximum atomic E-state index is 12.2. The molecular weight excluding hydrogens is 422 g/mol. The molecule has 2 N–H and O–H groups in total. The van der Waals surface area contributed by atoms with Crippen molar-refractivity contribution in [2.45, 2.75) is 85.7 Å². The Hall–Kier alpha value is -2.58. The predicted molar refractivity (Wildman–Crippen MR) is 127 cm³/mol. The lowest BCUT2D eigenvalue weighted by molar-refractivity contribution is -0.123. The van der Waals surface area contributed by atoms with Gasteiger partial charge in [0.15, 0.2) is 0 Å². The zero-order chi connectivity index (χ0) is 24.4. The molecule has 0 saturated carbocycles. The highest BCUT2D eigenvalue weighted by molar-refractivity contribution is 5.77. The van der Waals surface area contributed by atoms with Gasteiger partial charge in [-0.1, -0.05) is 13.8 Å². The van der Waals surface area contributed by atoms with E-state index < -0.39 is 0 Å². The van der Waals surface area contributed by atoms with Gasteiger partial charge in [0.2, 0.25) is 11.8 Å². The summed E-state index contributed by atoms with van der Waals surface area (Å²) in [5.74, 6) is 0.508. The number of carbonyl (C=O) groups excluding carboxylic acids is 3. The first-order chi connectivity index (χ1) is 15.7. The minimum absolute atomic E-state index is 0.00263. The molecule has 0 unspecified atom stereocenters. The smallest absolute Gasteiger partial charge is 0.409 e. The molecule has 2 rings (SSSR count). The van der Waals surface area contributed by atoms with Crippen LogP contribution in [0.1, 0.15) is 69.8 Å². The first-order valence-electron chi connectivity index (χ1n) is 12.2. The Kier molecular flexibility index (Phi) is 10.7. The van der Waals surface area contributed by atoms with Gasteiger partial charge in [0.25, 0.3) is 0 Å². The van der Waals surface area contributed by atoms with Crippen molar-refractivity contribution < 1.29 is 19.1 Å². The van der Waals surface area contributed by atoms with E-state index in [0.29, 0.717) is 57.8 Å². The highest BCUT2D eigenvalue weighted by Crippen LogP contribution is 2.16. The molecule has 0 atom stereocenters. The van der Waals surface area contributed by atoms with Gasteiger partial charge >= 0.3 is 6.09 Å². The standard InChI is InChI=1S/C24H41N5O4/c1-6-33-24(32)28-14-11-20(12-15-28)26-23(31)8-7-13-25-22(30)10-9-21-18(4)27-29(19(21)5)16-17(2)3/h17,20H,6-16H2,1-5H3,(H,25,30)(H,26,31). The van der Waals surface area contributed by atoms with E-state index in [0.717, 1.165) is 36.3 Å². The molecule has 0 spiro atoms. The third-order valence-corrected chi connectivity index (χ3v) is 5.96. The number of carbonyl (C=O) groups is 3. The molecule has 0 aliphatic carbocycles. The zero-order valence-electron chi connectivity index (χ0n) is 20.9. The summed E-state index contributed by atoms with van der Waals surface area (Å²) < 4.78 is 7.05. The lowest BCUT2D eigenvalue weighted by atomic mass is 10.1. The van der Waals surface area contributed by atoms with Gasteiger partial charge in [0.05, 0.1) is 12.3 Å². The molecule has 2 heterocycles. The first kappa shape index (κ1) is 26.7. The zero-order valence-corrected chi connectivity index (χ0v) is 20.9. The Morgan fingerprint density at radius 2 is 1.82 bits per heavy atom. The average molecular weight is 464 g/mol. The van der Waals surface area contributed by atoms with Gasteiger partial charge in [-0.2, -0.15) is 5.10 Å². The van der Waals surface area contributed by atoms with Crippen LogP contribution in [0.4, 0.5) is 4.79 Å². The van der Waals surface area contributed by atoms with Gasteiger partial charge < -0.3 is 20.3 Å². The molecule has 1 aliphatic heterocycles. The van der Waals surface area contributed by atoms with Crippen LogP contribution in [0.3, 0.4) is 0 Å². The molecule has 33 heavy (non-hydrogen) atoms. The number of aromatic nitrogens is 2. The van der Waals surface area contributed by atoms with Gasteiger partial charge in [0, 0.05) is 50.8 Å². The fraction of sp³-hybridized carbons (Fsp3) is 0.750. The van der Waals surface area contributed by atoms with Crippen LogP contribution < -0.4 is 10.6 Å². The monoisotopic (exact) mass is 463 g/mol. The molecule has 0 bridgehead atoms. The van der Waals surface area contributed by atoms with Gasteiger partial charge in [-0.3, -0.25) is 14.3 Å². The molecule has 9 heteroatoms. The predicted octanol–water partition coefficient (Wildman–Crippen LogP) is 2.72. The minimum Gasteiger partial charge on any atom is -0.450 e. The first-order valence-corrected chi connectivity index (χ1v) is 12.2. The van der Waals surface area contributed by atoms with E-state index in [9.17, 15) is 14.4 Å². The van der Waals surface area contributed by atoms with Gasteiger partial charge in [-0.25, -0.2) is 4.79 Å². The van der Waals surface area contributed by atoms with Crippen LogP contribution in [-0.4, -0.2) is 64.9 Å². The van der Waals surface area contributed by atoms with Crippen LogP contribution in [0.5, 0.6) is 0 Å². The lowest BCUT2D eigenvalue weighted by Gasteiger charge is -2.31. The Labute approximate surface area is 197 Å². The van der Waals surface area contributed by atoms with Crippen LogP contribution in [0.2, 0.25) is 0 Å². The van der Waals surface area contributed by atoms with Crippen molar-refractivity contribution in [2.24, 2.45) is 5.92 Å². The van der Waals surface area contributed by atoms with Crippen LogP contribution in [-0.2, 0) is 27.3 Å². The normalized spacial score (nSPS) is 14.4. The van der Waals surface area contributed by atoms with Crippen molar-refractivity contribution in [1.29, 1.82) is 0 Å². The molecule has 1 fully saturated rings. The third-order valence-electron chi connectivity index (χ3n) is 5.96. The van der Waals surface area contributed by atoms with E-state index in [4.69, 9.17) is 4.74 Å². The van der Waals surface area contributed by atoms with Gasteiger partial charge in [0.1, 0.15) is 0 Å². The summed E-state index contributed by atoms with van der Waals surface area (Å²) >= 11 is 0. The highest BCUT2D eigenvalue weighted by atomic mass is 16.6. The van der Waals surface area contributed by atoms with Crippen molar-refractivity contribution in [2.75, 3.05) is 26.2 Å². The quantitative estimate of drug-likeness (QED) is 0.491. The highest BCUT2D eigenvalue weighted by Gasteiger charge is 2.24. The number of ether oxygens (including phenoxy) is 1. The molecule has 1 aliphatic rings. The third kappa shape index (κ3) is 8.70. The maximum absolute atomic E-state index is 12.2. The van der Waals surface area contributed by atoms with Crippen molar-refractivity contribution in [3.8, 4) is 0 Å². The molecule has 0 aromatic carbocycles. The van der Waals surface area contributed by atoms with Gasteiger partial charge in [-0.15, -0.1) is 0 Å². The molecular formula is C24H41N5O4. The second kappa shape index (κ2) is 13.2. The van der Waals surface area contributed by atoms with Crippen LogP contribution in [0.25, 0.3) is 0 Å². The number of nitrogens with one attached hydrogen (secondary N) is 2. The van der Waals surface area contributed by atoms with Crippen LogP contribution in [0, 0.1) is 19.8 Å². The van der Waals surface area contributed by atoms with Crippen LogP contribution in [0.15, 0.2) is 0 Å². The molecule has 1 saturated heterocycles. The number of hydrogen-bond acceptors (Lipinski definition) is 5. The number of hydrogen-bond donors (Lipinski definition) is 2. The Morgan fingerprint density at radius 1 is 1.12 bits per heavy atom.